The standard InChI is InChI=1S/C24H30N4O5.C24H30N4O4.C21H26N4O3.C2H6O4S.2CH4O4S/c1-14(30)27-16-8-5-7-15-19(16)24(32)20-17(26-9-6-10-28(2,3)4)13-18(33-12-11-29)22(25)21(20)23(15)31;1-6-28(3,4)12-8-11-26-17-13-18(32-5)22(25)21-20(17)24(31)19-15(23(21)30)9-7-10-16(19)27-14(2)29;1-25(2,3)10-6-9-24-14-11-15(28-4)19(23)18-17(14)21(27)16-12(20(18)26)7-5-8-13(16)22;1-2-6-7(3,4)5;2*1-5-6(2,3)4/h5,7-8,13,29H,6,9-12H2,1-4H3,(H3-,25,26,27,30,31,32);7,9-10,13H,6,8,11-12H2,1-5H3,(H3-,25,26,27,29,30,31);5,7-8,11H,6,9-10H2,1-4H3,(H4-,22,23,24,26,27);2H2,1H3,(H,3,4,5);2*1H3,(H,2,3,4). The fraction of sp³-hybridized carbons (Fsp3) is 0.397. The van der Waals surface area contributed by atoms with E-state index < -0.39 is 42.8 Å². The van der Waals surface area contributed by atoms with Gasteiger partial charge in [0.25, 0.3) is 0 Å². The van der Waals surface area contributed by atoms with Crippen LogP contribution in [-0.4, -0.2) is 254 Å². The van der Waals surface area contributed by atoms with Crippen LogP contribution in [0.25, 0.3) is 0 Å². The van der Waals surface area contributed by atoms with E-state index in [4.69, 9.17) is 42.3 Å². The van der Waals surface area contributed by atoms with Gasteiger partial charge in [0, 0.05) is 110 Å². The van der Waals surface area contributed by atoms with E-state index in [0.717, 1.165) is 73.1 Å². The zero-order chi connectivity index (χ0) is 84.9. The largest absolute Gasteiger partial charge is 0.726 e. The van der Waals surface area contributed by atoms with Crippen LogP contribution in [0, 0.1) is 0 Å². The molecule has 6 aromatic carbocycles. The molecule has 6 aromatic rings. The highest BCUT2D eigenvalue weighted by atomic mass is 32.3. The van der Waals surface area contributed by atoms with Gasteiger partial charge in [-0.1, -0.05) is 36.4 Å². The summed E-state index contributed by atoms with van der Waals surface area (Å²) in [6.07, 6.45) is 2.59. The van der Waals surface area contributed by atoms with Crippen LogP contribution in [0.2, 0.25) is 0 Å². The minimum absolute atomic E-state index is 0.00463. The van der Waals surface area contributed by atoms with E-state index in [2.05, 4.69) is 102 Å². The minimum Gasteiger partial charge on any atom is -0.726 e. The molecule has 0 heterocycles. The molecule has 0 bridgehead atoms. The number of nitrogens with one attached hydrogen (secondary N) is 5. The summed E-state index contributed by atoms with van der Waals surface area (Å²) in [6.45, 7) is 11.6. The molecule has 0 unspecified atom stereocenters. The Hall–Kier alpha value is -10.3. The summed E-state index contributed by atoms with van der Waals surface area (Å²) in [5, 5.41) is 24.3. The van der Waals surface area contributed by atoms with Gasteiger partial charge in [0.2, 0.25) is 43.0 Å². The summed E-state index contributed by atoms with van der Waals surface area (Å²) in [5.41, 5.74) is 29.6. The van der Waals surface area contributed by atoms with E-state index in [0.29, 0.717) is 53.9 Å². The number of hydrogen-bond acceptors (Lipinski definition) is 31. The van der Waals surface area contributed by atoms with Crippen molar-refractivity contribution in [1.29, 1.82) is 0 Å². The smallest absolute Gasteiger partial charge is 0.221 e. The second-order valence-corrected chi connectivity index (χ2v) is 31.0. The van der Waals surface area contributed by atoms with Crippen LogP contribution in [0.3, 0.4) is 0 Å². The van der Waals surface area contributed by atoms with Gasteiger partial charge in [0.15, 0.2) is 34.7 Å². The number of nitrogen functional groups attached to an aromatic ring is 4. The number of anilines is 9. The lowest BCUT2D eigenvalue weighted by Gasteiger charge is -2.28. The number of fused-ring (bicyclic) bond motifs is 6. The molecule has 3 aliphatic carbocycles. The predicted molar refractivity (Wildman–Crippen MR) is 419 cm³/mol. The molecule has 3 aliphatic rings. The number of aliphatic hydroxyl groups excluding tert-OH is 1. The van der Waals surface area contributed by atoms with E-state index in [1.807, 2.05) is 0 Å². The maximum absolute atomic E-state index is 13.7. The lowest BCUT2D eigenvalue weighted by atomic mass is 9.81. The van der Waals surface area contributed by atoms with Crippen molar-refractivity contribution in [2.45, 2.75) is 47.0 Å². The monoisotopic (exact) mass is 1620 g/mol. The minimum atomic E-state index is -4.42. The SMILES string of the molecule is CC(=O)Nc1cccc2c1C(=O)c1c(NCCC[N+](C)(C)C)cc(OCCO)c(N)c1C2=O.CCOS(=O)(=O)[O-].CC[N+](C)(C)CCCNc1cc(OC)c(N)c2c1C(=O)c1c(NC(C)=O)cccc1C2=O.COS(=O)(=O)[O-].COS(=O)(=O)[O-].COc1cc(NCCC[N+](C)(C)C)c2c(c1N)C(=O)c1cccc(N)c1C2=O. The molecule has 0 saturated carbocycles. The molecule has 112 heavy (non-hydrogen) atoms. The molecule has 0 aliphatic heterocycles. The molecular formula is C73H100N12O24S3. The lowest BCUT2D eigenvalue weighted by Crippen LogP contribution is -2.40. The summed E-state index contributed by atoms with van der Waals surface area (Å²) < 4.78 is 113. The van der Waals surface area contributed by atoms with Crippen LogP contribution in [0.15, 0.2) is 72.8 Å². The first-order chi connectivity index (χ1) is 52.0. The van der Waals surface area contributed by atoms with E-state index >= 15 is 0 Å². The van der Waals surface area contributed by atoms with Gasteiger partial charge in [-0.05, 0) is 32.0 Å². The number of amides is 2. The van der Waals surface area contributed by atoms with E-state index in [9.17, 15) is 77.3 Å². The molecule has 36 nitrogen and oxygen atoms in total. The summed E-state index contributed by atoms with van der Waals surface area (Å²) in [5.74, 6) is -1.93. The summed E-state index contributed by atoms with van der Waals surface area (Å²) >= 11 is 0. The first-order valence-corrected chi connectivity index (χ1v) is 38.5. The number of carbonyl (C=O) groups is 8. The number of ketones is 6. The molecule has 0 saturated heterocycles. The maximum Gasteiger partial charge on any atom is 0.221 e. The molecule has 0 fully saturated rings. The van der Waals surface area contributed by atoms with Crippen molar-refractivity contribution >= 4 is 129 Å². The first kappa shape index (κ1) is 94.1. The predicted octanol–water partition coefficient (Wildman–Crippen LogP) is 4.60. The molecule has 39 heteroatoms. The number of quaternary nitrogens is 3. The van der Waals surface area contributed by atoms with Crippen molar-refractivity contribution in [3.63, 3.8) is 0 Å². The Bertz CT molecular complexity index is 4840. The van der Waals surface area contributed by atoms with Crippen LogP contribution in [-0.2, 0) is 53.3 Å². The van der Waals surface area contributed by atoms with Crippen molar-refractivity contribution in [3.05, 3.63) is 140 Å². The normalized spacial score (nSPS) is 12.7. The van der Waals surface area contributed by atoms with Gasteiger partial charge >= 0.3 is 0 Å². The second-order valence-electron chi connectivity index (χ2n) is 27.6. The Labute approximate surface area is 652 Å². The van der Waals surface area contributed by atoms with E-state index in [1.165, 1.54) is 35.0 Å². The molecule has 2 amide bonds. The Morgan fingerprint density at radius 3 is 1.06 bits per heavy atom. The Kier molecular flexibility index (Phi) is 33.8. The molecule has 0 radical (unpaired) electrons. The van der Waals surface area contributed by atoms with Crippen LogP contribution < -0.4 is 63.7 Å². The van der Waals surface area contributed by atoms with E-state index in [-0.39, 0.29) is 156 Å². The number of rotatable bonds is 27. The van der Waals surface area contributed by atoms with Gasteiger partial charge in [-0.2, -0.15) is 0 Å². The molecule has 9 rings (SSSR count). The zero-order valence-electron chi connectivity index (χ0n) is 65.3. The molecular weight excluding hydrogens is 1530 g/mol. The van der Waals surface area contributed by atoms with Gasteiger partial charge in [0.1, 0.15) is 23.9 Å². The topological polar surface area (TPSA) is 548 Å². The van der Waals surface area contributed by atoms with Crippen LogP contribution in [0.5, 0.6) is 17.2 Å². The van der Waals surface area contributed by atoms with Crippen molar-refractivity contribution in [1.82, 2.24) is 0 Å². The van der Waals surface area contributed by atoms with Crippen LogP contribution in [0.1, 0.15) is 142 Å². The van der Waals surface area contributed by atoms with Crippen LogP contribution in [0.4, 0.5) is 51.2 Å². The Morgan fingerprint density at radius 2 is 0.768 bits per heavy atom. The molecule has 0 aromatic heterocycles. The number of aliphatic hydroxyl groups is 1. The van der Waals surface area contributed by atoms with Gasteiger partial charge in [-0.15, -0.1) is 0 Å². The second kappa shape index (κ2) is 40.3. The van der Waals surface area contributed by atoms with Gasteiger partial charge in [-0.3, -0.25) is 50.9 Å². The zero-order valence-corrected chi connectivity index (χ0v) is 67.8. The highest BCUT2D eigenvalue weighted by Gasteiger charge is 2.40. The Morgan fingerprint density at radius 1 is 0.446 bits per heavy atom. The quantitative estimate of drug-likeness (QED) is 0.0110. The number of carbonyl (C=O) groups excluding carboxylic acids is 8. The van der Waals surface area contributed by atoms with E-state index in [1.54, 1.807) is 72.8 Å². The van der Waals surface area contributed by atoms with Gasteiger partial charge < -0.3 is 95.9 Å². The third-order valence-corrected chi connectivity index (χ3v) is 18.2. The number of benzene rings is 6. The number of nitrogens with zero attached hydrogens (tertiary/aromatic N) is 3. The average molecular weight is 1630 g/mol. The van der Waals surface area contributed by atoms with Crippen LogP contribution >= 0.6 is 0 Å². The average Bonchev–Trinajstić information content (AvgIpc) is 0.744. The first-order valence-electron chi connectivity index (χ1n) is 34.5. The third-order valence-electron chi connectivity index (χ3n) is 16.8. The highest BCUT2D eigenvalue weighted by Crippen LogP contribution is 2.46. The fourth-order valence-corrected chi connectivity index (χ4v) is 11.7. The number of ether oxygens (including phenoxy) is 3. The van der Waals surface area contributed by atoms with Crippen molar-refractivity contribution in [2.24, 2.45) is 0 Å². The molecule has 614 valence electrons. The number of methoxy groups -OCH3 is 2. The number of hydrogen-bond donors (Lipinski definition) is 10. The van der Waals surface area contributed by atoms with Gasteiger partial charge in [0.05, 0.1) is 203 Å². The number of nitrogens with two attached hydrogens (primary N) is 4. The molecule has 14 N–H and O–H groups in total. The molecule has 0 atom stereocenters. The van der Waals surface area contributed by atoms with Crippen molar-refractivity contribution in [3.8, 4) is 17.2 Å². The highest BCUT2D eigenvalue weighted by molar-refractivity contribution is 7.81. The van der Waals surface area contributed by atoms with Crippen molar-refractivity contribution < 1.29 is 123 Å². The van der Waals surface area contributed by atoms with Crippen molar-refractivity contribution in [2.75, 3.05) is 200 Å². The fourth-order valence-electron chi connectivity index (χ4n) is 11.4. The Balaban J connectivity index is 0.000000317. The summed E-state index contributed by atoms with van der Waals surface area (Å²) in [7, 11) is 8.29. The van der Waals surface area contributed by atoms with Gasteiger partial charge in [-0.25, -0.2) is 25.3 Å². The summed E-state index contributed by atoms with van der Waals surface area (Å²) in [4.78, 5) is 104. The maximum atomic E-state index is 13.7. The molecule has 0 spiro atoms. The lowest BCUT2D eigenvalue weighted by molar-refractivity contribution is -0.888. The third kappa shape index (κ3) is 26.2. The summed E-state index contributed by atoms with van der Waals surface area (Å²) in [6, 6.07) is 19.3.